The number of thiazole rings is 1. The van der Waals surface area contributed by atoms with Gasteiger partial charge in [0.25, 0.3) is 5.91 Å². The van der Waals surface area contributed by atoms with E-state index in [-0.39, 0.29) is 11.5 Å². The van der Waals surface area contributed by atoms with Gasteiger partial charge >= 0.3 is 5.97 Å². The molecule has 1 fully saturated rings. The van der Waals surface area contributed by atoms with Gasteiger partial charge in [-0.3, -0.25) is 4.79 Å². The normalized spacial score (nSPS) is 13.9. The molecule has 1 N–H and O–H groups in total. The fourth-order valence-corrected chi connectivity index (χ4v) is 3.16. The van der Waals surface area contributed by atoms with Crippen molar-refractivity contribution in [2.24, 2.45) is 0 Å². The second-order valence-electron chi connectivity index (χ2n) is 5.51. The Kier molecular flexibility index (Phi) is 3.94. The zero-order valence-electron chi connectivity index (χ0n) is 12.2. The van der Waals surface area contributed by atoms with E-state index in [1.54, 1.807) is 47.5 Å². The molecule has 0 atom stereocenters. The number of rotatable bonds is 5. The van der Waals surface area contributed by atoms with Gasteiger partial charge in [0, 0.05) is 24.9 Å². The molecule has 6 heteroatoms. The van der Waals surface area contributed by atoms with Crippen LogP contribution in [0.15, 0.2) is 29.6 Å². The minimum atomic E-state index is -0.953. The van der Waals surface area contributed by atoms with Gasteiger partial charge in [-0.25, -0.2) is 9.78 Å². The maximum absolute atomic E-state index is 12.4. The number of carbonyl (C=O) groups is 2. The summed E-state index contributed by atoms with van der Waals surface area (Å²) in [6.45, 7) is 0.426. The fourth-order valence-electron chi connectivity index (χ4n) is 2.20. The van der Waals surface area contributed by atoms with Gasteiger partial charge in [0.15, 0.2) is 0 Å². The molecule has 0 aliphatic heterocycles. The van der Waals surface area contributed by atoms with E-state index in [0.717, 1.165) is 10.6 Å². The van der Waals surface area contributed by atoms with Crippen molar-refractivity contribution in [3.63, 3.8) is 0 Å². The highest BCUT2D eigenvalue weighted by atomic mass is 32.1. The summed E-state index contributed by atoms with van der Waals surface area (Å²) in [6, 6.07) is 6.54. The average Bonchev–Trinajstić information content (AvgIpc) is 3.24. The maximum Gasteiger partial charge on any atom is 0.335 e. The molecule has 0 radical (unpaired) electrons. The summed E-state index contributed by atoms with van der Waals surface area (Å²) in [5.41, 5.74) is 1.63. The van der Waals surface area contributed by atoms with Crippen molar-refractivity contribution < 1.29 is 14.7 Å². The molecule has 0 unspecified atom stereocenters. The van der Waals surface area contributed by atoms with E-state index in [1.807, 2.05) is 5.38 Å². The van der Waals surface area contributed by atoms with Crippen molar-refractivity contribution in [3.8, 4) is 0 Å². The average molecular weight is 316 g/mol. The molecule has 1 heterocycles. The summed E-state index contributed by atoms with van der Waals surface area (Å²) in [4.78, 5) is 29.2. The molecule has 3 rings (SSSR count). The number of benzene rings is 1. The monoisotopic (exact) mass is 316 g/mol. The first kappa shape index (κ1) is 14.7. The molecule has 22 heavy (non-hydrogen) atoms. The number of hydrogen-bond donors (Lipinski definition) is 1. The largest absolute Gasteiger partial charge is 0.478 e. The molecule has 1 saturated carbocycles. The van der Waals surface area contributed by atoms with Crippen LogP contribution in [0.5, 0.6) is 0 Å². The van der Waals surface area contributed by atoms with E-state index in [2.05, 4.69) is 4.98 Å². The Balaban J connectivity index is 1.65. The van der Waals surface area contributed by atoms with Crippen LogP contribution in [0, 0.1) is 0 Å². The molecule has 1 amide bonds. The van der Waals surface area contributed by atoms with Crippen molar-refractivity contribution in [1.82, 2.24) is 9.88 Å². The zero-order valence-corrected chi connectivity index (χ0v) is 13.0. The van der Waals surface area contributed by atoms with Crippen LogP contribution in [-0.4, -0.2) is 33.9 Å². The van der Waals surface area contributed by atoms with Gasteiger partial charge < -0.3 is 10.0 Å². The Morgan fingerprint density at radius 3 is 2.59 bits per heavy atom. The van der Waals surface area contributed by atoms with Gasteiger partial charge in [0.05, 0.1) is 10.6 Å². The third kappa shape index (κ3) is 3.17. The molecule has 1 aromatic heterocycles. The summed E-state index contributed by atoms with van der Waals surface area (Å²) in [6.07, 6.45) is 2.35. The van der Waals surface area contributed by atoms with Gasteiger partial charge in [0.2, 0.25) is 0 Å². The van der Waals surface area contributed by atoms with Crippen molar-refractivity contribution in [1.29, 1.82) is 0 Å². The Labute approximate surface area is 132 Å². The number of carbonyl (C=O) groups excluding carboxylic acids is 1. The van der Waals surface area contributed by atoms with E-state index in [0.29, 0.717) is 18.2 Å². The molecule has 0 saturated heterocycles. The Bertz CT molecular complexity index is 704. The summed E-state index contributed by atoms with van der Waals surface area (Å²) in [5, 5.41) is 11.8. The molecule has 1 aliphatic rings. The highest BCUT2D eigenvalue weighted by molar-refractivity contribution is 7.10. The first-order chi connectivity index (χ1) is 10.5. The predicted octanol–water partition coefficient (Wildman–Crippen LogP) is 2.99. The second-order valence-corrected chi connectivity index (χ2v) is 6.40. The van der Waals surface area contributed by atoms with E-state index in [1.165, 1.54) is 12.8 Å². The number of carboxylic acid groups (broad SMARTS) is 1. The standard InChI is InChI=1S/C16H16N2O3S/c1-18(8-10-2-4-12(5-3-10)16(20)21)15(19)13-9-22-14(17-13)11-6-7-11/h2-5,9,11H,6-8H2,1H3,(H,20,21). The summed E-state index contributed by atoms with van der Waals surface area (Å²) in [7, 11) is 1.73. The Hall–Kier alpha value is -2.21. The van der Waals surface area contributed by atoms with Crippen LogP contribution in [-0.2, 0) is 6.54 Å². The summed E-state index contributed by atoms with van der Waals surface area (Å²) >= 11 is 1.55. The van der Waals surface area contributed by atoms with Crippen molar-refractivity contribution in [2.45, 2.75) is 25.3 Å². The molecule has 0 spiro atoms. The molecule has 114 valence electrons. The maximum atomic E-state index is 12.4. The van der Waals surface area contributed by atoms with Gasteiger partial charge in [-0.05, 0) is 30.5 Å². The molecule has 1 aliphatic carbocycles. The van der Waals surface area contributed by atoms with Gasteiger partial charge in [-0.1, -0.05) is 12.1 Å². The first-order valence-corrected chi connectivity index (χ1v) is 7.95. The van der Waals surface area contributed by atoms with Crippen molar-refractivity contribution in [2.75, 3.05) is 7.05 Å². The zero-order chi connectivity index (χ0) is 15.7. The highest BCUT2D eigenvalue weighted by Gasteiger charge is 2.28. The number of carboxylic acids is 1. The van der Waals surface area contributed by atoms with Gasteiger partial charge in [0.1, 0.15) is 5.69 Å². The van der Waals surface area contributed by atoms with Crippen LogP contribution < -0.4 is 0 Å². The highest BCUT2D eigenvalue weighted by Crippen LogP contribution is 2.41. The van der Waals surface area contributed by atoms with E-state index >= 15 is 0 Å². The lowest BCUT2D eigenvalue weighted by atomic mass is 10.1. The molecular formula is C16H16N2O3S. The lowest BCUT2D eigenvalue weighted by Crippen LogP contribution is -2.26. The predicted molar refractivity (Wildman–Crippen MR) is 83.3 cm³/mol. The van der Waals surface area contributed by atoms with Gasteiger partial charge in [-0.2, -0.15) is 0 Å². The number of hydrogen-bond acceptors (Lipinski definition) is 4. The minimum Gasteiger partial charge on any atom is -0.478 e. The topological polar surface area (TPSA) is 70.5 Å². The van der Waals surface area contributed by atoms with Crippen LogP contribution >= 0.6 is 11.3 Å². The second kappa shape index (κ2) is 5.88. The van der Waals surface area contributed by atoms with E-state index in [9.17, 15) is 9.59 Å². The Morgan fingerprint density at radius 1 is 1.32 bits per heavy atom. The van der Waals surface area contributed by atoms with E-state index < -0.39 is 5.97 Å². The number of amides is 1. The van der Waals surface area contributed by atoms with Gasteiger partial charge in [-0.15, -0.1) is 11.3 Å². The van der Waals surface area contributed by atoms with E-state index in [4.69, 9.17) is 5.11 Å². The first-order valence-electron chi connectivity index (χ1n) is 7.07. The van der Waals surface area contributed by atoms with Crippen LogP contribution in [0.4, 0.5) is 0 Å². The van der Waals surface area contributed by atoms with Crippen LogP contribution in [0.3, 0.4) is 0 Å². The van der Waals surface area contributed by atoms with Crippen LogP contribution in [0.1, 0.15) is 50.2 Å². The number of nitrogens with zero attached hydrogens (tertiary/aromatic N) is 2. The quantitative estimate of drug-likeness (QED) is 0.920. The molecule has 2 aromatic rings. The van der Waals surface area contributed by atoms with Crippen molar-refractivity contribution in [3.05, 3.63) is 51.5 Å². The fraction of sp³-hybridized carbons (Fsp3) is 0.312. The Morgan fingerprint density at radius 2 is 2.00 bits per heavy atom. The molecule has 1 aromatic carbocycles. The number of aromatic nitrogens is 1. The minimum absolute atomic E-state index is 0.106. The molecular weight excluding hydrogens is 300 g/mol. The summed E-state index contributed by atoms with van der Waals surface area (Å²) in [5.74, 6) is -0.503. The van der Waals surface area contributed by atoms with Crippen LogP contribution in [0.25, 0.3) is 0 Å². The lowest BCUT2D eigenvalue weighted by Gasteiger charge is -2.16. The third-order valence-corrected chi connectivity index (χ3v) is 4.64. The smallest absolute Gasteiger partial charge is 0.335 e. The summed E-state index contributed by atoms with van der Waals surface area (Å²) < 4.78 is 0. The SMILES string of the molecule is CN(Cc1ccc(C(=O)O)cc1)C(=O)c1csc(C2CC2)n1. The lowest BCUT2D eigenvalue weighted by molar-refractivity contribution is 0.0695. The van der Waals surface area contributed by atoms with Crippen molar-refractivity contribution >= 4 is 23.2 Å². The molecule has 5 nitrogen and oxygen atoms in total. The molecule has 0 bridgehead atoms. The van der Waals surface area contributed by atoms with Crippen LogP contribution in [0.2, 0.25) is 0 Å². The number of aromatic carboxylic acids is 1. The third-order valence-electron chi connectivity index (χ3n) is 3.63.